The summed E-state index contributed by atoms with van der Waals surface area (Å²) in [5, 5.41) is 1.25. The first-order chi connectivity index (χ1) is 14.1. The van der Waals surface area contributed by atoms with Gasteiger partial charge in [-0.3, -0.25) is 9.69 Å². The molecule has 152 valence electrons. The zero-order chi connectivity index (χ0) is 20.2. The van der Waals surface area contributed by atoms with Crippen LogP contribution in [0.1, 0.15) is 43.2 Å². The second kappa shape index (κ2) is 9.06. The lowest BCUT2D eigenvalue weighted by atomic mass is 9.97. The van der Waals surface area contributed by atoms with E-state index in [0.29, 0.717) is 19.0 Å². The largest absolute Gasteiger partial charge is 0.335 e. The molecule has 1 aliphatic heterocycles. The first-order valence-corrected chi connectivity index (χ1v) is 11.3. The molecule has 1 amide bonds. The average molecular weight is 408 g/mol. The highest BCUT2D eigenvalue weighted by Crippen LogP contribution is 2.33. The van der Waals surface area contributed by atoms with Gasteiger partial charge < -0.3 is 4.90 Å². The molecule has 0 aliphatic carbocycles. The first-order valence-electron chi connectivity index (χ1n) is 10.5. The molecule has 2 heterocycles. The minimum Gasteiger partial charge on any atom is -0.335 e. The Balaban J connectivity index is 1.33. The normalized spacial score (nSPS) is 15.8. The molecule has 5 heteroatoms. The Morgan fingerprint density at radius 3 is 2.48 bits per heavy atom. The van der Waals surface area contributed by atoms with Gasteiger partial charge in [0.25, 0.3) is 0 Å². The van der Waals surface area contributed by atoms with Gasteiger partial charge in [-0.15, -0.1) is 11.3 Å². The average Bonchev–Trinajstić information content (AvgIpc) is 3.17. The van der Waals surface area contributed by atoms with E-state index >= 15 is 0 Å². The topological polar surface area (TPSA) is 36.4 Å². The Kier molecular flexibility index (Phi) is 6.26. The van der Waals surface area contributed by atoms with Crippen LogP contribution in [0.25, 0.3) is 10.2 Å². The quantitative estimate of drug-likeness (QED) is 0.582. The molecule has 29 heavy (non-hydrogen) atoms. The van der Waals surface area contributed by atoms with E-state index in [0.717, 1.165) is 31.4 Å². The zero-order valence-corrected chi connectivity index (χ0v) is 18.1. The number of aromatic nitrogens is 1. The van der Waals surface area contributed by atoms with Crippen LogP contribution in [0.3, 0.4) is 0 Å². The van der Waals surface area contributed by atoms with Crippen LogP contribution in [0.2, 0.25) is 0 Å². The SMILES string of the molecule is CC(C)N(Cc1ccccc1)C(=O)CN1CCC(c2nc3ccccc3s2)CC1. The van der Waals surface area contributed by atoms with Crippen molar-refractivity contribution in [1.82, 2.24) is 14.8 Å². The molecule has 1 saturated heterocycles. The highest BCUT2D eigenvalue weighted by atomic mass is 32.1. The molecule has 3 aromatic rings. The van der Waals surface area contributed by atoms with E-state index < -0.39 is 0 Å². The summed E-state index contributed by atoms with van der Waals surface area (Å²) < 4.78 is 1.27. The Bertz CT molecular complexity index is 912. The van der Waals surface area contributed by atoms with Crippen molar-refractivity contribution in [2.24, 2.45) is 0 Å². The molecular weight excluding hydrogens is 378 g/mol. The van der Waals surface area contributed by atoms with Gasteiger partial charge in [0.2, 0.25) is 5.91 Å². The molecule has 0 saturated carbocycles. The van der Waals surface area contributed by atoms with Gasteiger partial charge in [0.15, 0.2) is 0 Å². The first kappa shape index (κ1) is 20.0. The van der Waals surface area contributed by atoms with Crippen LogP contribution in [-0.2, 0) is 11.3 Å². The maximum atomic E-state index is 13.0. The number of thiazole rings is 1. The van der Waals surface area contributed by atoms with Gasteiger partial charge in [-0.2, -0.15) is 0 Å². The summed E-state index contributed by atoms with van der Waals surface area (Å²) in [6.07, 6.45) is 2.15. The molecule has 4 rings (SSSR count). The van der Waals surface area contributed by atoms with Gasteiger partial charge >= 0.3 is 0 Å². The third-order valence-electron chi connectivity index (χ3n) is 5.75. The molecule has 4 nitrogen and oxygen atoms in total. The number of para-hydroxylation sites is 1. The maximum Gasteiger partial charge on any atom is 0.237 e. The molecular formula is C24H29N3OS. The Hall–Kier alpha value is -2.24. The van der Waals surface area contributed by atoms with E-state index in [1.807, 2.05) is 34.4 Å². The number of piperidine rings is 1. The Labute approximate surface area is 177 Å². The summed E-state index contributed by atoms with van der Waals surface area (Å²) in [4.78, 5) is 22.2. The number of nitrogens with zero attached hydrogens (tertiary/aromatic N) is 3. The lowest BCUT2D eigenvalue weighted by Crippen LogP contribution is -2.45. The minimum atomic E-state index is 0.197. The fourth-order valence-electron chi connectivity index (χ4n) is 4.02. The lowest BCUT2D eigenvalue weighted by molar-refractivity contribution is -0.135. The summed E-state index contributed by atoms with van der Waals surface area (Å²) in [7, 11) is 0. The maximum absolute atomic E-state index is 13.0. The highest BCUT2D eigenvalue weighted by molar-refractivity contribution is 7.18. The number of carbonyl (C=O) groups is 1. The number of rotatable bonds is 6. The molecule has 0 spiro atoms. The van der Waals surface area contributed by atoms with Gasteiger partial charge in [-0.1, -0.05) is 42.5 Å². The molecule has 1 aromatic heterocycles. The third-order valence-corrected chi connectivity index (χ3v) is 6.94. The summed E-state index contributed by atoms with van der Waals surface area (Å²) in [6, 6.07) is 18.8. The van der Waals surface area contributed by atoms with Crippen LogP contribution in [0.4, 0.5) is 0 Å². The molecule has 0 unspecified atom stereocenters. The van der Waals surface area contributed by atoms with Crippen LogP contribution in [0, 0.1) is 0 Å². The Morgan fingerprint density at radius 1 is 1.10 bits per heavy atom. The van der Waals surface area contributed by atoms with Crippen molar-refractivity contribution in [3.8, 4) is 0 Å². The van der Waals surface area contributed by atoms with Gasteiger partial charge in [-0.05, 0) is 57.5 Å². The van der Waals surface area contributed by atoms with Crippen molar-refractivity contribution >= 4 is 27.5 Å². The van der Waals surface area contributed by atoms with Crippen molar-refractivity contribution in [2.75, 3.05) is 19.6 Å². The van der Waals surface area contributed by atoms with E-state index in [1.54, 1.807) is 0 Å². The van der Waals surface area contributed by atoms with Gasteiger partial charge in [0.1, 0.15) is 0 Å². The summed E-state index contributed by atoms with van der Waals surface area (Å²) in [5.74, 6) is 0.742. The van der Waals surface area contributed by atoms with Gasteiger partial charge in [0.05, 0.1) is 21.8 Å². The predicted molar refractivity (Wildman–Crippen MR) is 120 cm³/mol. The van der Waals surface area contributed by atoms with E-state index in [-0.39, 0.29) is 11.9 Å². The molecule has 0 atom stereocenters. The summed E-state index contributed by atoms with van der Waals surface area (Å²) in [5.41, 5.74) is 2.29. The van der Waals surface area contributed by atoms with Crippen molar-refractivity contribution in [3.05, 3.63) is 65.2 Å². The summed E-state index contributed by atoms with van der Waals surface area (Å²) in [6.45, 7) is 7.31. The standard InChI is InChI=1S/C24H29N3OS/c1-18(2)27(16-19-8-4-3-5-9-19)23(28)17-26-14-12-20(13-15-26)24-25-21-10-6-7-11-22(21)29-24/h3-11,18,20H,12-17H2,1-2H3. The number of hydrogen-bond acceptors (Lipinski definition) is 4. The molecule has 0 radical (unpaired) electrons. The van der Waals surface area contributed by atoms with Crippen LogP contribution in [-0.4, -0.2) is 46.4 Å². The van der Waals surface area contributed by atoms with Crippen LogP contribution >= 0.6 is 11.3 Å². The molecule has 1 aliphatic rings. The van der Waals surface area contributed by atoms with E-state index in [9.17, 15) is 4.79 Å². The van der Waals surface area contributed by atoms with Crippen molar-refractivity contribution < 1.29 is 4.79 Å². The third kappa shape index (κ3) is 4.85. The second-order valence-electron chi connectivity index (χ2n) is 8.17. The summed E-state index contributed by atoms with van der Waals surface area (Å²) >= 11 is 1.82. The minimum absolute atomic E-state index is 0.197. The van der Waals surface area contributed by atoms with Gasteiger partial charge in [0, 0.05) is 18.5 Å². The molecule has 1 fully saturated rings. The molecule has 0 N–H and O–H groups in total. The van der Waals surface area contributed by atoms with E-state index in [2.05, 4.69) is 55.1 Å². The van der Waals surface area contributed by atoms with Crippen molar-refractivity contribution in [1.29, 1.82) is 0 Å². The number of fused-ring (bicyclic) bond motifs is 1. The van der Waals surface area contributed by atoms with Gasteiger partial charge in [-0.25, -0.2) is 4.98 Å². The monoisotopic (exact) mass is 407 g/mol. The second-order valence-corrected chi connectivity index (χ2v) is 9.23. The Morgan fingerprint density at radius 2 is 1.79 bits per heavy atom. The molecule has 2 aromatic carbocycles. The predicted octanol–water partition coefficient (Wildman–Crippen LogP) is 4.91. The highest BCUT2D eigenvalue weighted by Gasteiger charge is 2.26. The van der Waals surface area contributed by atoms with Crippen molar-refractivity contribution in [3.63, 3.8) is 0 Å². The smallest absolute Gasteiger partial charge is 0.237 e. The van der Waals surface area contributed by atoms with Crippen LogP contribution in [0.15, 0.2) is 54.6 Å². The number of amides is 1. The van der Waals surface area contributed by atoms with E-state index in [4.69, 9.17) is 4.98 Å². The fraction of sp³-hybridized carbons (Fsp3) is 0.417. The van der Waals surface area contributed by atoms with Crippen LogP contribution in [0.5, 0.6) is 0 Å². The fourth-order valence-corrected chi connectivity index (χ4v) is 5.16. The number of hydrogen-bond donors (Lipinski definition) is 0. The molecule has 0 bridgehead atoms. The number of carbonyl (C=O) groups excluding carboxylic acids is 1. The lowest BCUT2D eigenvalue weighted by Gasteiger charge is -2.34. The zero-order valence-electron chi connectivity index (χ0n) is 17.3. The van der Waals surface area contributed by atoms with Crippen molar-refractivity contribution in [2.45, 2.75) is 45.2 Å². The van der Waals surface area contributed by atoms with E-state index in [1.165, 1.54) is 15.3 Å². The number of benzene rings is 2. The number of likely N-dealkylation sites (tertiary alicyclic amines) is 1. The van der Waals surface area contributed by atoms with Crippen LogP contribution < -0.4 is 0 Å².